The number of fused-ring (bicyclic) bond motifs is 1. The van der Waals surface area contributed by atoms with Gasteiger partial charge >= 0.3 is 0 Å². The van der Waals surface area contributed by atoms with Crippen LogP contribution in [0, 0.1) is 0 Å². The number of H-pyrrole nitrogens is 1. The van der Waals surface area contributed by atoms with Crippen molar-refractivity contribution in [2.75, 3.05) is 5.73 Å². The predicted octanol–water partition coefficient (Wildman–Crippen LogP) is 4.99. The van der Waals surface area contributed by atoms with Crippen LogP contribution in [0.2, 0.25) is 0 Å². The van der Waals surface area contributed by atoms with Crippen molar-refractivity contribution in [2.45, 2.75) is 19.1 Å². The molecule has 3 N–H and O–H groups in total. The summed E-state index contributed by atoms with van der Waals surface area (Å²) in [6.45, 7) is 3.25. The van der Waals surface area contributed by atoms with E-state index in [9.17, 15) is 8.42 Å². The molecule has 0 saturated heterocycles. The molecule has 2 aromatic carbocycles. The molecule has 0 amide bonds. The van der Waals surface area contributed by atoms with E-state index in [1.165, 1.54) is 0 Å². The Morgan fingerprint density at radius 1 is 1.00 bits per heavy atom. The Morgan fingerprint density at radius 3 is 2.47 bits per heavy atom. The minimum absolute atomic E-state index is 0.0459. The maximum Gasteiger partial charge on any atom is 0.244 e. The number of thiophene rings is 1. The van der Waals surface area contributed by atoms with E-state index in [0.29, 0.717) is 11.0 Å². The third-order valence-electron chi connectivity index (χ3n) is 5.28. The molecule has 9 heteroatoms. The molecular formula is C23H21N5O2S2. The van der Waals surface area contributed by atoms with Crippen molar-refractivity contribution in [2.24, 2.45) is 0 Å². The van der Waals surface area contributed by atoms with Crippen molar-refractivity contribution in [3.05, 3.63) is 66.0 Å². The van der Waals surface area contributed by atoms with Crippen LogP contribution in [0.4, 0.5) is 5.95 Å². The molecule has 0 aliphatic rings. The van der Waals surface area contributed by atoms with E-state index in [2.05, 4.69) is 9.97 Å². The van der Waals surface area contributed by atoms with Crippen LogP contribution in [-0.4, -0.2) is 32.6 Å². The average Bonchev–Trinajstić information content (AvgIpc) is 3.51. The third-order valence-corrected chi connectivity index (χ3v) is 8.24. The summed E-state index contributed by atoms with van der Waals surface area (Å²) in [5.41, 5.74) is 10.3. The highest BCUT2D eigenvalue weighted by atomic mass is 32.2. The topological polar surface area (TPSA) is 107 Å². The van der Waals surface area contributed by atoms with Crippen LogP contribution in [0.3, 0.4) is 0 Å². The zero-order chi connectivity index (χ0) is 22.5. The van der Waals surface area contributed by atoms with E-state index in [1.54, 1.807) is 37.3 Å². The number of imidazole rings is 2. The zero-order valence-electron chi connectivity index (χ0n) is 17.5. The molecule has 162 valence electrons. The van der Waals surface area contributed by atoms with Crippen LogP contribution in [0.5, 0.6) is 0 Å². The Balaban J connectivity index is 1.75. The van der Waals surface area contributed by atoms with Gasteiger partial charge in [-0.25, -0.2) is 22.4 Å². The van der Waals surface area contributed by atoms with E-state index in [1.807, 2.05) is 53.9 Å². The summed E-state index contributed by atoms with van der Waals surface area (Å²) < 4.78 is 27.0. The predicted molar refractivity (Wildman–Crippen MR) is 130 cm³/mol. The molecule has 0 fully saturated rings. The number of hydrogen-bond donors (Lipinski definition) is 2. The van der Waals surface area contributed by atoms with Gasteiger partial charge in [-0.05, 0) is 37.4 Å². The first-order valence-corrected chi connectivity index (χ1v) is 12.5. The second kappa shape index (κ2) is 7.61. The first kappa shape index (κ1) is 20.5. The fraction of sp³-hybridized carbons (Fsp3) is 0.130. The van der Waals surface area contributed by atoms with Gasteiger partial charge in [-0.15, -0.1) is 11.3 Å². The molecule has 3 heterocycles. The molecule has 0 bridgehead atoms. The number of rotatable bonds is 5. The van der Waals surface area contributed by atoms with E-state index >= 15 is 0 Å². The average molecular weight is 464 g/mol. The van der Waals surface area contributed by atoms with Gasteiger partial charge in [0.25, 0.3) is 0 Å². The summed E-state index contributed by atoms with van der Waals surface area (Å²) in [7, 11) is -3.68. The van der Waals surface area contributed by atoms with E-state index in [0.717, 1.165) is 37.2 Å². The van der Waals surface area contributed by atoms with Gasteiger partial charge in [0.2, 0.25) is 16.0 Å². The number of nitrogens with one attached hydrogen (secondary N) is 1. The van der Waals surface area contributed by atoms with Gasteiger partial charge in [0.05, 0.1) is 32.5 Å². The van der Waals surface area contributed by atoms with Crippen LogP contribution in [0.15, 0.2) is 66.0 Å². The van der Waals surface area contributed by atoms with Gasteiger partial charge in [-0.1, -0.05) is 42.5 Å². The third kappa shape index (κ3) is 3.30. The Bertz CT molecular complexity index is 1520. The van der Waals surface area contributed by atoms with Gasteiger partial charge in [0, 0.05) is 11.1 Å². The molecule has 0 atom stereocenters. The van der Waals surface area contributed by atoms with E-state index < -0.39 is 15.3 Å². The number of anilines is 1. The molecule has 7 nitrogen and oxygen atoms in total. The number of hydrogen-bond acceptors (Lipinski definition) is 6. The van der Waals surface area contributed by atoms with Crippen LogP contribution in [0.1, 0.15) is 13.8 Å². The lowest BCUT2D eigenvalue weighted by atomic mass is 10.0. The minimum Gasteiger partial charge on any atom is -0.368 e. The molecule has 0 radical (unpaired) electrons. The summed E-state index contributed by atoms with van der Waals surface area (Å²) in [6.07, 6.45) is 0. The molecule has 5 aromatic rings. The second-order valence-electron chi connectivity index (χ2n) is 7.68. The molecule has 3 aromatic heterocycles. The van der Waals surface area contributed by atoms with Gasteiger partial charge in [0.1, 0.15) is 5.82 Å². The number of benzene rings is 2. The van der Waals surface area contributed by atoms with Crippen LogP contribution >= 0.6 is 11.3 Å². The van der Waals surface area contributed by atoms with E-state index in [-0.39, 0.29) is 5.95 Å². The summed E-state index contributed by atoms with van der Waals surface area (Å²) in [5, 5.41) is 1.37. The monoisotopic (exact) mass is 463 g/mol. The molecule has 0 aliphatic heterocycles. The highest BCUT2D eigenvalue weighted by molar-refractivity contribution is 7.90. The Hall–Kier alpha value is -3.43. The van der Waals surface area contributed by atoms with Crippen molar-refractivity contribution in [1.82, 2.24) is 18.9 Å². The Kier molecular flexibility index (Phi) is 4.87. The fourth-order valence-corrected chi connectivity index (χ4v) is 5.44. The quantitative estimate of drug-likeness (QED) is 0.382. The number of nitrogens with zero attached hydrogens (tertiary/aromatic N) is 3. The lowest BCUT2D eigenvalue weighted by molar-refractivity contribution is 0.580. The fourth-order valence-electron chi connectivity index (χ4n) is 3.62. The lowest BCUT2D eigenvalue weighted by Crippen LogP contribution is -2.23. The molecule has 32 heavy (non-hydrogen) atoms. The van der Waals surface area contributed by atoms with Crippen molar-refractivity contribution in [3.8, 4) is 33.2 Å². The van der Waals surface area contributed by atoms with Crippen molar-refractivity contribution in [3.63, 3.8) is 0 Å². The summed E-state index contributed by atoms with van der Waals surface area (Å²) in [4.78, 5) is 13.6. The maximum absolute atomic E-state index is 12.9. The largest absolute Gasteiger partial charge is 0.368 e. The number of nitrogens with two attached hydrogens (primary N) is 1. The lowest BCUT2D eigenvalue weighted by Gasteiger charge is -2.11. The van der Waals surface area contributed by atoms with Crippen LogP contribution in [0.25, 0.3) is 44.2 Å². The van der Waals surface area contributed by atoms with Gasteiger partial charge in [-0.3, -0.25) is 0 Å². The standard InChI is InChI=1S/C23H21N5O2S2/c1-14(2)32(29,30)28-18-13-16(10-11-17(18)25-23(28)24)21-20(15-7-4-3-5-8-15)26-22(27-21)19-9-6-12-31-19/h3-14H,1-2H3,(H2,24,25)(H,26,27). The van der Waals surface area contributed by atoms with Crippen molar-refractivity contribution in [1.29, 1.82) is 0 Å². The van der Waals surface area contributed by atoms with Gasteiger partial charge in [-0.2, -0.15) is 0 Å². The number of aromatic nitrogens is 4. The minimum atomic E-state index is -3.68. The Labute approximate surface area is 189 Å². The summed E-state index contributed by atoms with van der Waals surface area (Å²) in [5.74, 6) is 0.715. The van der Waals surface area contributed by atoms with Crippen molar-refractivity contribution >= 4 is 38.3 Å². The first-order valence-electron chi connectivity index (χ1n) is 10.1. The Morgan fingerprint density at radius 2 is 1.78 bits per heavy atom. The molecule has 0 aliphatic carbocycles. The smallest absolute Gasteiger partial charge is 0.244 e. The SMILES string of the molecule is CC(C)S(=O)(=O)n1c(N)nc2ccc(-c3nc(-c4cccs4)[nH]c3-c3ccccc3)cc21. The molecule has 0 spiro atoms. The number of nitrogen functional groups attached to an aromatic ring is 1. The highest BCUT2D eigenvalue weighted by Crippen LogP contribution is 2.36. The maximum atomic E-state index is 12.9. The highest BCUT2D eigenvalue weighted by Gasteiger charge is 2.25. The summed E-state index contributed by atoms with van der Waals surface area (Å²) in [6, 6.07) is 19.4. The van der Waals surface area contributed by atoms with Gasteiger partial charge in [0.15, 0.2) is 0 Å². The van der Waals surface area contributed by atoms with E-state index in [4.69, 9.17) is 10.7 Å². The zero-order valence-corrected chi connectivity index (χ0v) is 19.1. The first-order chi connectivity index (χ1) is 15.4. The second-order valence-corrected chi connectivity index (χ2v) is 11.0. The molecule has 0 saturated carbocycles. The molecular weight excluding hydrogens is 442 g/mol. The normalized spacial score (nSPS) is 12.1. The van der Waals surface area contributed by atoms with Crippen LogP contribution in [-0.2, 0) is 10.0 Å². The van der Waals surface area contributed by atoms with Crippen LogP contribution < -0.4 is 5.73 Å². The van der Waals surface area contributed by atoms with Gasteiger partial charge < -0.3 is 10.7 Å². The number of aromatic amines is 1. The molecule has 5 rings (SSSR count). The summed E-state index contributed by atoms with van der Waals surface area (Å²) >= 11 is 1.60. The van der Waals surface area contributed by atoms with Crippen molar-refractivity contribution < 1.29 is 8.42 Å². The molecule has 0 unspecified atom stereocenters.